The van der Waals surface area contributed by atoms with Crippen LogP contribution >= 0.6 is 11.3 Å². The van der Waals surface area contributed by atoms with Gasteiger partial charge in [-0.2, -0.15) is 0 Å². The Morgan fingerprint density at radius 2 is 1.81 bits per heavy atom. The first kappa shape index (κ1) is 21.0. The number of carbonyl (C=O) groups is 1. The molecule has 2 aromatic heterocycles. The maximum Gasteiger partial charge on any atom is 0.233 e. The molecule has 4 rings (SSSR count). The van der Waals surface area contributed by atoms with Gasteiger partial charge in [-0.15, -0.1) is 0 Å². The van der Waals surface area contributed by atoms with Gasteiger partial charge in [0.1, 0.15) is 5.75 Å². The van der Waals surface area contributed by atoms with E-state index in [0.717, 1.165) is 32.8 Å². The molecule has 0 bridgehead atoms. The molecule has 6 heteroatoms. The Labute approximate surface area is 186 Å². The average molecular weight is 432 g/mol. The predicted molar refractivity (Wildman–Crippen MR) is 126 cm³/mol. The topological polar surface area (TPSA) is 55.3 Å². The number of aromatic nitrogens is 2. The van der Waals surface area contributed by atoms with Gasteiger partial charge in [-0.05, 0) is 61.7 Å². The van der Waals surface area contributed by atoms with Crippen LogP contribution in [0, 0.1) is 13.8 Å². The van der Waals surface area contributed by atoms with E-state index in [1.807, 2.05) is 49.4 Å². The minimum absolute atomic E-state index is 0.0100. The normalized spacial score (nSPS) is 10.9. The number of amides is 1. The number of pyridine rings is 1. The Morgan fingerprint density at radius 1 is 1.03 bits per heavy atom. The molecule has 0 unspecified atom stereocenters. The van der Waals surface area contributed by atoms with Gasteiger partial charge >= 0.3 is 0 Å². The zero-order valence-corrected chi connectivity index (χ0v) is 18.8. The fraction of sp³-hybridized carbons (Fsp3) is 0.240. The molecule has 0 saturated carbocycles. The maximum atomic E-state index is 13.4. The summed E-state index contributed by atoms with van der Waals surface area (Å²) in [7, 11) is 0. The highest BCUT2D eigenvalue weighted by Gasteiger charge is 2.22. The van der Waals surface area contributed by atoms with E-state index in [4.69, 9.17) is 9.72 Å². The zero-order valence-electron chi connectivity index (χ0n) is 18.0. The molecular formula is C25H25N3O2S. The third-order valence-corrected chi connectivity index (χ3v) is 6.31. The second kappa shape index (κ2) is 9.27. The number of nitrogens with zero attached hydrogens (tertiary/aromatic N) is 3. The Balaban J connectivity index is 1.66. The summed E-state index contributed by atoms with van der Waals surface area (Å²) >= 11 is 1.56. The SMILES string of the molecule is CCOc1ccc(CC(=O)N(Cc2ccccn2)c2nc3c(C)ccc(C)c3s2)cc1. The summed E-state index contributed by atoms with van der Waals surface area (Å²) in [6.07, 6.45) is 2.03. The van der Waals surface area contributed by atoms with Crippen LogP contribution in [-0.4, -0.2) is 22.5 Å². The lowest BCUT2D eigenvalue weighted by Gasteiger charge is -2.19. The number of fused-ring (bicyclic) bond motifs is 1. The molecule has 0 aliphatic heterocycles. The molecule has 2 aromatic carbocycles. The Kier molecular flexibility index (Phi) is 6.28. The molecule has 0 aliphatic carbocycles. The summed E-state index contributed by atoms with van der Waals surface area (Å²) in [6.45, 7) is 7.08. The fourth-order valence-corrected chi connectivity index (χ4v) is 4.55. The van der Waals surface area contributed by atoms with Crippen LogP contribution in [0.3, 0.4) is 0 Å². The van der Waals surface area contributed by atoms with Crippen LogP contribution in [0.25, 0.3) is 10.2 Å². The van der Waals surface area contributed by atoms with Crippen molar-refractivity contribution in [1.29, 1.82) is 0 Å². The van der Waals surface area contributed by atoms with Crippen molar-refractivity contribution in [3.63, 3.8) is 0 Å². The first-order valence-electron chi connectivity index (χ1n) is 10.3. The first-order chi connectivity index (χ1) is 15.0. The molecule has 0 atom stereocenters. The van der Waals surface area contributed by atoms with Crippen molar-refractivity contribution in [3.8, 4) is 5.75 Å². The molecule has 0 aliphatic rings. The molecule has 2 heterocycles. The summed E-state index contributed by atoms with van der Waals surface area (Å²) in [5.41, 5.74) is 5.00. The number of anilines is 1. The standard InChI is InChI=1S/C25H25N3O2S/c1-4-30-21-12-10-19(11-13-21)15-22(29)28(16-20-7-5-6-14-26-20)25-27-23-17(2)8-9-18(3)24(23)31-25/h5-14H,4,15-16H2,1-3H3. The molecule has 158 valence electrons. The number of hydrogen-bond acceptors (Lipinski definition) is 5. The summed E-state index contributed by atoms with van der Waals surface area (Å²) in [6, 6.07) is 17.6. The number of rotatable bonds is 7. The van der Waals surface area contributed by atoms with Crippen molar-refractivity contribution in [2.24, 2.45) is 0 Å². The van der Waals surface area contributed by atoms with E-state index in [9.17, 15) is 4.79 Å². The van der Waals surface area contributed by atoms with Gasteiger partial charge in [-0.3, -0.25) is 14.7 Å². The van der Waals surface area contributed by atoms with Crippen LogP contribution in [0.15, 0.2) is 60.8 Å². The molecule has 0 saturated heterocycles. The largest absolute Gasteiger partial charge is 0.494 e. The number of aryl methyl sites for hydroxylation is 2. The highest BCUT2D eigenvalue weighted by molar-refractivity contribution is 7.22. The minimum atomic E-state index is -0.0100. The summed E-state index contributed by atoms with van der Waals surface area (Å²) < 4.78 is 6.63. The van der Waals surface area contributed by atoms with E-state index in [-0.39, 0.29) is 12.3 Å². The fourth-order valence-electron chi connectivity index (χ4n) is 3.42. The van der Waals surface area contributed by atoms with Crippen LogP contribution in [-0.2, 0) is 17.8 Å². The van der Waals surface area contributed by atoms with E-state index in [2.05, 4.69) is 31.0 Å². The molecular weight excluding hydrogens is 406 g/mol. The van der Waals surface area contributed by atoms with E-state index < -0.39 is 0 Å². The summed E-state index contributed by atoms with van der Waals surface area (Å²) in [5, 5.41) is 0.703. The second-order valence-corrected chi connectivity index (χ2v) is 8.41. The van der Waals surface area contributed by atoms with Gasteiger partial charge in [0.05, 0.1) is 35.5 Å². The van der Waals surface area contributed by atoms with Gasteiger partial charge in [-0.1, -0.05) is 41.7 Å². The number of carbonyl (C=O) groups excluding carboxylic acids is 1. The lowest BCUT2D eigenvalue weighted by atomic mass is 10.1. The van der Waals surface area contributed by atoms with E-state index in [1.54, 1.807) is 22.4 Å². The molecule has 0 N–H and O–H groups in total. The van der Waals surface area contributed by atoms with Crippen LogP contribution in [0.1, 0.15) is 29.3 Å². The van der Waals surface area contributed by atoms with Crippen molar-refractivity contribution >= 4 is 32.6 Å². The minimum Gasteiger partial charge on any atom is -0.494 e. The molecule has 4 aromatic rings. The van der Waals surface area contributed by atoms with Crippen molar-refractivity contribution in [1.82, 2.24) is 9.97 Å². The molecule has 5 nitrogen and oxygen atoms in total. The first-order valence-corrected chi connectivity index (χ1v) is 11.2. The Hall–Kier alpha value is -3.25. The van der Waals surface area contributed by atoms with Gasteiger partial charge in [0, 0.05) is 6.20 Å². The lowest BCUT2D eigenvalue weighted by molar-refractivity contribution is -0.118. The van der Waals surface area contributed by atoms with Gasteiger partial charge < -0.3 is 4.74 Å². The molecule has 0 fully saturated rings. The maximum absolute atomic E-state index is 13.4. The van der Waals surface area contributed by atoms with Gasteiger partial charge in [0.2, 0.25) is 5.91 Å². The Bertz CT molecular complexity index is 1150. The van der Waals surface area contributed by atoms with E-state index in [0.29, 0.717) is 18.3 Å². The molecule has 1 amide bonds. The van der Waals surface area contributed by atoms with Gasteiger partial charge in [0.15, 0.2) is 5.13 Å². The highest BCUT2D eigenvalue weighted by atomic mass is 32.1. The molecule has 0 spiro atoms. The van der Waals surface area contributed by atoms with E-state index >= 15 is 0 Å². The smallest absolute Gasteiger partial charge is 0.233 e. The number of hydrogen-bond donors (Lipinski definition) is 0. The molecule has 31 heavy (non-hydrogen) atoms. The third kappa shape index (κ3) is 4.75. The summed E-state index contributed by atoms with van der Waals surface area (Å²) in [4.78, 5) is 24.4. The average Bonchev–Trinajstić information content (AvgIpc) is 3.23. The van der Waals surface area contributed by atoms with Gasteiger partial charge in [-0.25, -0.2) is 4.98 Å². The van der Waals surface area contributed by atoms with Crippen LogP contribution < -0.4 is 9.64 Å². The highest BCUT2D eigenvalue weighted by Crippen LogP contribution is 2.34. The monoisotopic (exact) mass is 431 g/mol. The third-order valence-electron chi connectivity index (χ3n) is 5.10. The molecule has 0 radical (unpaired) electrons. The van der Waals surface area contributed by atoms with E-state index in [1.165, 1.54) is 5.56 Å². The lowest BCUT2D eigenvalue weighted by Crippen LogP contribution is -2.32. The van der Waals surface area contributed by atoms with Crippen LogP contribution in [0.2, 0.25) is 0 Å². The quantitative estimate of drug-likeness (QED) is 0.389. The predicted octanol–water partition coefficient (Wildman–Crippen LogP) is 5.48. The van der Waals surface area contributed by atoms with Crippen LogP contribution in [0.5, 0.6) is 5.75 Å². The number of thiazole rings is 1. The van der Waals surface area contributed by atoms with Crippen molar-refractivity contribution in [3.05, 3.63) is 83.2 Å². The number of ether oxygens (including phenoxy) is 1. The zero-order chi connectivity index (χ0) is 21.8. The van der Waals surface area contributed by atoms with Crippen molar-refractivity contribution in [2.45, 2.75) is 33.7 Å². The van der Waals surface area contributed by atoms with Crippen molar-refractivity contribution < 1.29 is 9.53 Å². The van der Waals surface area contributed by atoms with Crippen molar-refractivity contribution in [2.75, 3.05) is 11.5 Å². The number of benzene rings is 2. The van der Waals surface area contributed by atoms with Crippen LogP contribution in [0.4, 0.5) is 5.13 Å². The summed E-state index contributed by atoms with van der Waals surface area (Å²) in [5.74, 6) is 0.797. The Morgan fingerprint density at radius 3 is 2.48 bits per heavy atom. The second-order valence-electron chi connectivity index (χ2n) is 7.43. The van der Waals surface area contributed by atoms with Gasteiger partial charge in [0.25, 0.3) is 0 Å².